The lowest BCUT2D eigenvalue weighted by Crippen LogP contribution is -2.47. The number of amides is 4. The van der Waals surface area contributed by atoms with Gasteiger partial charge in [-0.25, -0.2) is 4.79 Å². The zero-order chi connectivity index (χ0) is 19.8. The van der Waals surface area contributed by atoms with E-state index in [2.05, 4.69) is 16.0 Å². The van der Waals surface area contributed by atoms with Crippen LogP contribution in [0.15, 0.2) is 47.1 Å². The van der Waals surface area contributed by atoms with E-state index in [1.165, 1.54) is 4.90 Å². The molecule has 2 heterocycles. The fraction of sp³-hybridized carbons (Fsp3) is 0.350. The molecule has 0 saturated carbocycles. The van der Waals surface area contributed by atoms with E-state index in [1.807, 2.05) is 18.2 Å². The van der Waals surface area contributed by atoms with Crippen molar-refractivity contribution in [2.24, 2.45) is 0 Å². The number of urea groups is 1. The van der Waals surface area contributed by atoms with Crippen molar-refractivity contribution in [1.82, 2.24) is 10.6 Å². The van der Waals surface area contributed by atoms with Gasteiger partial charge in [-0.2, -0.15) is 0 Å². The molecule has 28 heavy (non-hydrogen) atoms. The van der Waals surface area contributed by atoms with Crippen molar-refractivity contribution in [3.63, 3.8) is 0 Å². The Morgan fingerprint density at radius 3 is 2.75 bits per heavy atom. The Balaban J connectivity index is 1.32. The van der Waals surface area contributed by atoms with Gasteiger partial charge in [0, 0.05) is 13.0 Å². The number of rotatable bonds is 8. The Hall–Kier alpha value is -3.29. The molecule has 0 radical (unpaired) electrons. The van der Waals surface area contributed by atoms with Gasteiger partial charge in [0.15, 0.2) is 0 Å². The molecule has 0 unspecified atom stereocenters. The lowest BCUT2D eigenvalue weighted by atomic mass is 10.2. The van der Waals surface area contributed by atoms with E-state index >= 15 is 0 Å². The molecule has 0 bridgehead atoms. The van der Waals surface area contributed by atoms with E-state index in [1.54, 1.807) is 24.5 Å². The summed E-state index contributed by atoms with van der Waals surface area (Å²) in [6.45, 7) is 0.887. The van der Waals surface area contributed by atoms with Gasteiger partial charge in [-0.05, 0) is 37.1 Å². The van der Waals surface area contributed by atoms with Crippen LogP contribution in [-0.2, 0) is 16.1 Å². The molecule has 1 aromatic heterocycles. The van der Waals surface area contributed by atoms with Crippen LogP contribution in [0.2, 0.25) is 0 Å². The van der Waals surface area contributed by atoms with Gasteiger partial charge in [-0.3, -0.25) is 14.5 Å². The van der Waals surface area contributed by atoms with Gasteiger partial charge in [0.2, 0.25) is 11.8 Å². The lowest BCUT2D eigenvalue weighted by molar-refractivity contribution is -0.121. The molecule has 148 valence electrons. The highest BCUT2D eigenvalue weighted by Gasteiger charge is 2.26. The molecule has 1 aromatic carbocycles. The van der Waals surface area contributed by atoms with Crippen molar-refractivity contribution >= 4 is 29.2 Å². The van der Waals surface area contributed by atoms with Crippen molar-refractivity contribution in [2.75, 3.05) is 23.3 Å². The van der Waals surface area contributed by atoms with Gasteiger partial charge in [0.25, 0.3) is 0 Å². The molecule has 0 saturated heterocycles. The van der Waals surface area contributed by atoms with Crippen LogP contribution < -0.4 is 20.9 Å². The quantitative estimate of drug-likeness (QED) is 0.609. The Kier molecular flexibility index (Phi) is 6.67. The maximum atomic E-state index is 12.4. The number of para-hydroxylation sites is 2. The van der Waals surface area contributed by atoms with Gasteiger partial charge >= 0.3 is 6.03 Å². The molecule has 8 heteroatoms. The minimum absolute atomic E-state index is 0.00130. The highest BCUT2D eigenvalue weighted by molar-refractivity contribution is 6.09. The lowest BCUT2D eigenvalue weighted by Gasteiger charge is -2.29. The predicted molar refractivity (Wildman–Crippen MR) is 105 cm³/mol. The van der Waals surface area contributed by atoms with Gasteiger partial charge in [0.05, 0.1) is 24.2 Å². The number of carbonyl (C=O) groups excluding carboxylic acids is 3. The maximum absolute atomic E-state index is 12.4. The first kappa shape index (κ1) is 19.5. The van der Waals surface area contributed by atoms with E-state index in [-0.39, 0.29) is 24.4 Å². The molecule has 3 N–H and O–H groups in total. The molecule has 1 aliphatic heterocycles. The van der Waals surface area contributed by atoms with Crippen LogP contribution in [0.1, 0.15) is 31.4 Å². The summed E-state index contributed by atoms with van der Waals surface area (Å²) in [4.78, 5) is 37.4. The maximum Gasteiger partial charge on any atom is 0.322 e. The summed E-state index contributed by atoms with van der Waals surface area (Å²) in [6.07, 6.45) is 4.35. The van der Waals surface area contributed by atoms with Gasteiger partial charge in [0.1, 0.15) is 12.3 Å². The summed E-state index contributed by atoms with van der Waals surface area (Å²) in [5, 5.41) is 8.40. The summed E-state index contributed by atoms with van der Waals surface area (Å²) < 4.78 is 5.16. The third-order valence-electron chi connectivity index (χ3n) is 4.41. The fourth-order valence-electron chi connectivity index (χ4n) is 2.98. The van der Waals surface area contributed by atoms with Crippen molar-refractivity contribution in [1.29, 1.82) is 0 Å². The topological polar surface area (TPSA) is 104 Å². The number of hydrogen-bond acceptors (Lipinski definition) is 4. The molecule has 1 aliphatic rings. The van der Waals surface area contributed by atoms with Crippen molar-refractivity contribution in [3.05, 3.63) is 48.4 Å². The third-order valence-corrected chi connectivity index (χ3v) is 4.41. The molecule has 2 aromatic rings. The molecular formula is C20H24N4O4. The van der Waals surface area contributed by atoms with Crippen LogP contribution in [0.3, 0.4) is 0 Å². The summed E-state index contributed by atoms with van der Waals surface area (Å²) >= 11 is 0. The minimum atomic E-state index is -0.293. The molecule has 0 aliphatic carbocycles. The molecular weight excluding hydrogens is 360 g/mol. The second-order valence-corrected chi connectivity index (χ2v) is 6.55. The summed E-state index contributed by atoms with van der Waals surface area (Å²) in [5.41, 5.74) is 1.32. The van der Waals surface area contributed by atoms with E-state index in [9.17, 15) is 14.4 Å². The van der Waals surface area contributed by atoms with Crippen molar-refractivity contribution < 1.29 is 18.8 Å². The zero-order valence-electron chi connectivity index (χ0n) is 15.6. The largest absolute Gasteiger partial charge is 0.467 e. The summed E-state index contributed by atoms with van der Waals surface area (Å²) in [6, 6.07) is 10.5. The highest BCUT2D eigenvalue weighted by Crippen LogP contribution is 2.28. The normalized spacial score (nSPS) is 12.9. The standard InChI is InChI=1S/C20H24N4O4/c25-18(22-13-15-7-6-12-28-15)10-2-1-5-11-21-20(27)24-14-19(26)23-16-8-3-4-9-17(16)24/h3-4,6-9,12H,1-2,5,10-11,13-14H2,(H,21,27)(H,22,25)(H,23,26). The Bertz CT molecular complexity index is 819. The van der Waals surface area contributed by atoms with Crippen LogP contribution in [-0.4, -0.2) is 30.9 Å². The number of nitrogens with one attached hydrogen (secondary N) is 3. The van der Waals surface area contributed by atoms with E-state index in [0.29, 0.717) is 30.9 Å². The smallest absolute Gasteiger partial charge is 0.322 e. The highest BCUT2D eigenvalue weighted by atomic mass is 16.3. The number of carbonyl (C=O) groups is 3. The van der Waals surface area contributed by atoms with Crippen LogP contribution in [0.4, 0.5) is 16.2 Å². The number of unbranched alkanes of at least 4 members (excludes halogenated alkanes) is 2. The number of fused-ring (bicyclic) bond motifs is 1. The third kappa shape index (κ3) is 5.35. The number of nitrogens with zero attached hydrogens (tertiary/aromatic N) is 1. The number of anilines is 2. The Labute approximate surface area is 163 Å². The summed E-state index contributed by atoms with van der Waals surface area (Å²) in [5.74, 6) is 0.495. The first-order chi connectivity index (χ1) is 13.6. The number of benzene rings is 1. The zero-order valence-corrected chi connectivity index (χ0v) is 15.6. The van der Waals surface area contributed by atoms with Crippen molar-refractivity contribution in [3.8, 4) is 0 Å². The van der Waals surface area contributed by atoms with E-state index in [0.717, 1.165) is 25.0 Å². The average molecular weight is 384 g/mol. The van der Waals surface area contributed by atoms with Crippen LogP contribution in [0.5, 0.6) is 0 Å². The van der Waals surface area contributed by atoms with Crippen LogP contribution >= 0.6 is 0 Å². The van der Waals surface area contributed by atoms with E-state index in [4.69, 9.17) is 4.42 Å². The predicted octanol–water partition coefficient (Wildman–Crippen LogP) is 2.62. The molecule has 0 atom stereocenters. The second-order valence-electron chi connectivity index (χ2n) is 6.55. The van der Waals surface area contributed by atoms with Gasteiger partial charge in [-0.1, -0.05) is 18.6 Å². The molecule has 8 nitrogen and oxygen atoms in total. The Morgan fingerprint density at radius 2 is 1.93 bits per heavy atom. The SMILES string of the molecule is O=C(CCCCCNC(=O)N1CC(=O)Nc2ccccc21)NCc1ccco1. The summed E-state index contributed by atoms with van der Waals surface area (Å²) in [7, 11) is 0. The van der Waals surface area contributed by atoms with Gasteiger partial charge < -0.3 is 20.4 Å². The second kappa shape index (κ2) is 9.59. The fourth-order valence-corrected chi connectivity index (χ4v) is 2.98. The van der Waals surface area contributed by atoms with Crippen LogP contribution in [0.25, 0.3) is 0 Å². The first-order valence-corrected chi connectivity index (χ1v) is 9.37. The van der Waals surface area contributed by atoms with E-state index < -0.39 is 0 Å². The number of hydrogen-bond donors (Lipinski definition) is 3. The van der Waals surface area contributed by atoms with Crippen molar-refractivity contribution in [2.45, 2.75) is 32.2 Å². The van der Waals surface area contributed by atoms with Crippen LogP contribution in [0, 0.1) is 0 Å². The molecule has 0 fully saturated rings. The first-order valence-electron chi connectivity index (χ1n) is 9.37. The van der Waals surface area contributed by atoms with Gasteiger partial charge in [-0.15, -0.1) is 0 Å². The molecule has 3 rings (SSSR count). The molecule has 4 amide bonds. The minimum Gasteiger partial charge on any atom is -0.467 e. The monoisotopic (exact) mass is 384 g/mol. The molecule has 0 spiro atoms. The average Bonchev–Trinajstić information content (AvgIpc) is 3.21. The number of furan rings is 1. The Morgan fingerprint density at radius 1 is 1.07 bits per heavy atom.